The van der Waals surface area contributed by atoms with E-state index in [2.05, 4.69) is 24.7 Å². The first-order valence-corrected chi connectivity index (χ1v) is 9.48. The van der Waals surface area contributed by atoms with Gasteiger partial charge in [0.1, 0.15) is 5.82 Å². The Bertz CT molecular complexity index is 597. The average molecular weight is 345 g/mol. The summed E-state index contributed by atoms with van der Waals surface area (Å²) in [5, 5.41) is 0.754. The molecule has 0 spiro atoms. The molecular weight excluding hydrogens is 323 g/mol. The Morgan fingerprint density at radius 1 is 1.29 bits per heavy atom. The Kier molecular flexibility index (Phi) is 5.87. The van der Waals surface area contributed by atoms with Gasteiger partial charge in [0.25, 0.3) is 0 Å². The van der Waals surface area contributed by atoms with Crippen LogP contribution >= 0.6 is 35.0 Å². The third-order valence-electron chi connectivity index (χ3n) is 4.28. The number of hydrogen-bond donors (Lipinski definition) is 0. The molecule has 0 N–H and O–H groups in total. The number of hydrogen-bond acceptors (Lipinski definition) is 2. The number of fused-ring (bicyclic) bond motifs is 1. The van der Waals surface area contributed by atoms with Crippen molar-refractivity contribution in [1.29, 1.82) is 0 Å². The van der Waals surface area contributed by atoms with Crippen molar-refractivity contribution in [2.45, 2.75) is 44.4 Å². The molecule has 1 aromatic heterocycles. The van der Waals surface area contributed by atoms with E-state index in [0.717, 1.165) is 47.7 Å². The smallest absolute Gasteiger partial charge is 0.111 e. The number of alkyl halides is 1. The van der Waals surface area contributed by atoms with Crippen molar-refractivity contribution in [2.75, 3.05) is 12.1 Å². The highest BCUT2D eigenvalue weighted by atomic mass is 35.5. The molecule has 2 rings (SSSR count). The molecule has 0 amide bonds. The van der Waals surface area contributed by atoms with Gasteiger partial charge in [-0.05, 0) is 37.3 Å². The first kappa shape index (κ1) is 17.0. The van der Waals surface area contributed by atoms with Crippen molar-refractivity contribution in [3.05, 3.63) is 29.0 Å². The second-order valence-electron chi connectivity index (χ2n) is 5.28. The van der Waals surface area contributed by atoms with E-state index in [-0.39, 0.29) is 4.75 Å². The number of aryl methyl sites for hydroxylation is 1. The molecule has 116 valence electrons. The Morgan fingerprint density at radius 2 is 2.00 bits per heavy atom. The summed E-state index contributed by atoms with van der Waals surface area (Å²) >= 11 is 14.1. The summed E-state index contributed by atoms with van der Waals surface area (Å²) in [5.74, 6) is 1.64. The van der Waals surface area contributed by atoms with Crippen LogP contribution < -0.4 is 0 Å². The predicted molar refractivity (Wildman–Crippen MR) is 96.0 cm³/mol. The molecule has 2 nitrogen and oxygen atoms in total. The lowest BCUT2D eigenvalue weighted by atomic mass is 10.0. The fourth-order valence-electron chi connectivity index (χ4n) is 2.71. The van der Waals surface area contributed by atoms with Gasteiger partial charge >= 0.3 is 0 Å². The summed E-state index contributed by atoms with van der Waals surface area (Å²) in [5.41, 5.74) is 2.12. The first-order valence-electron chi connectivity index (χ1n) is 7.35. The fourth-order valence-corrected chi connectivity index (χ4v) is 3.88. The molecule has 2 aromatic rings. The molecule has 0 fully saturated rings. The fraction of sp³-hybridized carbons (Fsp3) is 0.562. The summed E-state index contributed by atoms with van der Waals surface area (Å²) in [6.45, 7) is 5.46. The zero-order chi connectivity index (χ0) is 15.5. The van der Waals surface area contributed by atoms with E-state index in [1.54, 1.807) is 0 Å². The summed E-state index contributed by atoms with van der Waals surface area (Å²) in [7, 11) is 0. The number of imidazole rings is 1. The number of nitrogens with zero attached hydrogens (tertiary/aromatic N) is 2. The zero-order valence-corrected chi connectivity index (χ0v) is 15.2. The van der Waals surface area contributed by atoms with Crippen LogP contribution in [0.25, 0.3) is 11.0 Å². The van der Waals surface area contributed by atoms with E-state index >= 15 is 0 Å². The SMILES string of the molecule is CCC(CC)(Cn1c(CCCl)nc2ccc(Cl)cc21)SC. The highest BCUT2D eigenvalue weighted by molar-refractivity contribution is 8.00. The van der Waals surface area contributed by atoms with E-state index < -0.39 is 0 Å². The Labute approximate surface area is 141 Å². The molecule has 0 radical (unpaired) electrons. The molecule has 0 aliphatic heterocycles. The van der Waals surface area contributed by atoms with Gasteiger partial charge in [0, 0.05) is 28.6 Å². The van der Waals surface area contributed by atoms with Crippen LogP contribution in [0.15, 0.2) is 18.2 Å². The zero-order valence-electron chi connectivity index (χ0n) is 12.8. The Balaban J connectivity index is 2.53. The highest BCUT2D eigenvalue weighted by Gasteiger charge is 2.27. The molecule has 21 heavy (non-hydrogen) atoms. The molecule has 0 unspecified atom stereocenters. The lowest BCUT2D eigenvalue weighted by Crippen LogP contribution is -2.29. The van der Waals surface area contributed by atoms with Crippen LogP contribution in [0.3, 0.4) is 0 Å². The first-order chi connectivity index (χ1) is 10.1. The van der Waals surface area contributed by atoms with Crippen molar-refractivity contribution in [3.8, 4) is 0 Å². The summed E-state index contributed by atoms with van der Waals surface area (Å²) in [6, 6.07) is 5.90. The number of aromatic nitrogens is 2. The Hall–Kier alpha value is -0.380. The van der Waals surface area contributed by atoms with E-state index in [0.29, 0.717) is 5.88 Å². The van der Waals surface area contributed by atoms with Gasteiger partial charge in [-0.3, -0.25) is 0 Å². The van der Waals surface area contributed by atoms with Gasteiger partial charge in [-0.1, -0.05) is 25.4 Å². The quantitative estimate of drug-likeness (QED) is 0.626. The van der Waals surface area contributed by atoms with Gasteiger partial charge in [0.2, 0.25) is 0 Å². The third-order valence-corrected chi connectivity index (χ3v) is 6.27. The number of benzene rings is 1. The summed E-state index contributed by atoms with van der Waals surface area (Å²) < 4.78 is 2.55. The van der Waals surface area contributed by atoms with E-state index in [1.807, 2.05) is 30.0 Å². The van der Waals surface area contributed by atoms with Crippen molar-refractivity contribution < 1.29 is 0 Å². The molecule has 5 heteroatoms. The molecule has 0 aliphatic rings. The van der Waals surface area contributed by atoms with Gasteiger partial charge in [-0.2, -0.15) is 11.8 Å². The van der Waals surface area contributed by atoms with Crippen LogP contribution in [0.2, 0.25) is 5.02 Å². The van der Waals surface area contributed by atoms with Gasteiger partial charge in [0.15, 0.2) is 0 Å². The maximum Gasteiger partial charge on any atom is 0.111 e. The van der Waals surface area contributed by atoms with Crippen LogP contribution in [0, 0.1) is 0 Å². The van der Waals surface area contributed by atoms with Crippen molar-refractivity contribution in [3.63, 3.8) is 0 Å². The molecule has 0 bridgehead atoms. The van der Waals surface area contributed by atoms with Gasteiger partial charge in [0.05, 0.1) is 11.0 Å². The van der Waals surface area contributed by atoms with Gasteiger partial charge in [-0.15, -0.1) is 11.6 Å². The molecule has 0 saturated carbocycles. The van der Waals surface area contributed by atoms with Crippen molar-refractivity contribution in [1.82, 2.24) is 9.55 Å². The lowest BCUT2D eigenvalue weighted by molar-refractivity contribution is 0.464. The lowest BCUT2D eigenvalue weighted by Gasteiger charge is -2.31. The third kappa shape index (κ3) is 3.52. The highest BCUT2D eigenvalue weighted by Crippen LogP contribution is 2.34. The van der Waals surface area contributed by atoms with Gasteiger partial charge < -0.3 is 4.57 Å². The monoisotopic (exact) mass is 344 g/mol. The van der Waals surface area contributed by atoms with Crippen LogP contribution in [0.4, 0.5) is 0 Å². The standard InChI is InChI=1S/C16H22Cl2N2S/c1-4-16(5-2,21-3)11-20-14-10-12(18)6-7-13(14)19-15(20)8-9-17/h6-7,10H,4-5,8-9,11H2,1-3H3. The van der Waals surface area contributed by atoms with Gasteiger partial charge in [-0.25, -0.2) is 4.98 Å². The number of rotatable bonds is 7. The largest absolute Gasteiger partial charge is 0.327 e. The second kappa shape index (κ2) is 7.26. The second-order valence-corrected chi connectivity index (χ2v) is 7.37. The van der Waals surface area contributed by atoms with Crippen LogP contribution in [0.1, 0.15) is 32.5 Å². The molecule has 1 aromatic carbocycles. The molecule has 0 atom stereocenters. The van der Waals surface area contributed by atoms with Crippen LogP contribution in [0.5, 0.6) is 0 Å². The number of halogens is 2. The van der Waals surface area contributed by atoms with Crippen LogP contribution in [-0.2, 0) is 13.0 Å². The topological polar surface area (TPSA) is 17.8 Å². The van der Waals surface area contributed by atoms with E-state index in [4.69, 9.17) is 28.2 Å². The minimum Gasteiger partial charge on any atom is -0.327 e. The maximum atomic E-state index is 6.18. The summed E-state index contributed by atoms with van der Waals surface area (Å²) in [4.78, 5) is 4.74. The molecular formula is C16H22Cl2N2S. The predicted octanol–water partition coefficient (Wildman–Crippen LogP) is 5.39. The molecule has 0 aliphatic carbocycles. The minimum absolute atomic E-state index is 0.233. The normalized spacial score (nSPS) is 12.2. The van der Waals surface area contributed by atoms with Crippen LogP contribution in [-0.4, -0.2) is 26.4 Å². The minimum atomic E-state index is 0.233. The molecule has 0 saturated heterocycles. The molecule has 1 heterocycles. The van der Waals surface area contributed by atoms with E-state index in [1.165, 1.54) is 0 Å². The number of thioether (sulfide) groups is 1. The van der Waals surface area contributed by atoms with Crippen molar-refractivity contribution in [2.24, 2.45) is 0 Å². The van der Waals surface area contributed by atoms with Crippen molar-refractivity contribution >= 4 is 46.0 Å². The summed E-state index contributed by atoms with van der Waals surface area (Å²) in [6.07, 6.45) is 5.24. The Morgan fingerprint density at radius 3 is 2.57 bits per heavy atom. The average Bonchev–Trinajstić information content (AvgIpc) is 2.82. The maximum absolute atomic E-state index is 6.18. The van der Waals surface area contributed by atoms with E-state index in [9.17, 15) is 0 Å².